The summed E-state index contributed by atoms with van der Waals surface area (Å²) in [7, 11) is 11.6. The summed E-state index contributed by atoms with van der Waals surface area (Å²) in [5, 5.41) is 0. The molecule has 0 atom stereocenters. The van der Waals surface area contributed by atoms with Crippen LogP contribution in [0.1, 0.15) is 0 Å². The lowest BCUT2D eigenvalue weighted by Crippen LogP contribution is -2.27. The van der Waals surface area contributed by atoms with Crippen molar-refractivity contribution in [1.82, 2.24) is 4.90 Å². The predicted molar refractivity (Wildman–Crippen MR) is 36.3 cm³/mol. The first-order valence-corrected chi connectivity index (χ1v) is 2.63. The number of carbonyl (C=O) groups excluding carboxylic acids is 2. The standard InChI is InChI=1S/C5H3B2NO2/c1-8-4(9)2(6)3(7)5(8)10/h1H3. The number of carbonyl (C=O) groups is 2. The van der Waals surface area contributed by atoms with Crippen LogP contribution in [0.15, 0.2) is 10.9 Å². The zero-order valence-electron chi connectivity index (χ0n) is 5.42. The predicted octanol–water partition coefficient (Wildman–Crippen LogP) is -1.47. The topological polar surface area (TPSA) is 37.4 Å². The second-order valence-electron chi connectivity index (χ2n) is 2.00. The maximum absolute atomic E-state index is 10.8. The minimum Gasteiger partial charge on any atom is -0.280 e. The zero-order valence-corrected chi connectivity index (χ0v) is 5.42. The average Bonchev–Trinajstić information content (AvgIpc) is 2.07. The van der Waals surface area contributed by atoms with Crippen molar-refractivity contribution in [3.63, 3.8) is 0 Å². The van der Waals surface area contributed by atoms with Gasteiger partial charge >= 0.3 is 0 Å². The lowest BCUT2D eigenvalue weighted by atomic mass is 9.82. The maximum atomic E-state index is 10.8. The van der Waals surface area contributed by atoms with Gasteiger partial charge in [-0.2, -0.15) is 0 Å². The molecule has 0 aliphatic carbocycles. The summed E-state index contributed by atoms with van der Waals surface area (Å²) in [5.41, 5.74) is -0.319. The fraction of sp³-hybridized carbons (Fsp3) is 0.200. The molecule has 0 unspecified atom stereocenters. The summed E-state index contributed by atoms with van der Waals surface area (Å²) >= 11 is 0. The van der Waals surface area contributed by atoms with Crippen LogP contribution in [-0.2, 0) is 9.59 Å². The first-order valence-electron chi connectivity index (χ1n) is 2.63. The highest BCUT2D eigenvalue weighted by Gasteiger charge is 2.28. The molecule has 0 saturated heterocycles. The van der Waals surface area contributed by atoms with Gasteiger partial charge in [-0.3, -0.25) is 14.5 Å². The van der Waals surface area contributed by atoms with Gasteiger partial charge in [0, 0.05) is 7.05 Å². The largest absolute Gasteiger partial charge is 0.280 e. The molecular formula is C5H3B2NO2. The minimum atomic E-state index is -0.525. The Hall–Kier alpha value is -0.990. The molecule has 0 fully saturated rings. The molecule has 3 nitrogen and oxygen atoms in total. The van der Waals surface area contributed by atoms with E-state index in [4.69, 9.17) is 15.7 Å². The van der Waals surface area contributed by atoms with E-state index in [-0.39, 0.29) is 10.9 Å². The number of nitrogens with zero attached hydrogens (tertiary/aromatic N) is 1. The van der Waals surface area contributed by atoms with E-state index in [9.17, 15) is 9.59 Å². The van der Waals surface area contributed by atoms with Crippen molar-refractivity contribution in [2.75, 3.05) is 7.05 Å². The third-order valence-electron chi connectivity index (χ3n) is 1.36. The number of amides is 2. The van der Waals surface area contributed by atoms with E-state index in [2.05, 4.69) is 0 Å². The Kier molecular flexibility index (Phi) is 1.43. The minimum absolute atomic E-state index is 0.160. The summed E-state index contributed by atoms with van der Waals surface area (Å²) < 4.78 is 0. The van der Waals surface area contributed by atoms with Gasteiger partial charge in [0.15, 0.2) is 0 Å². The van der Waals surface area contributed by atoms with E-state index < -0.39 is 11.8 Å². The first-order chi connectivity index (χ1) is 4.55. The number of likely N-dealkylation sites (N-methyl/N-ethyl adjacent to an activating group) is 1. The SMILES string of the molecule is [B]C1=C([B])C(=O)N(C)C1=O. The molecule has 4 radical (unpaired) electrons. The molecule has 1 heterocycles. The van der Waals surface area contributed by atoms with E-state index in [1.807, 2.05) is 0 Å². The van der Waals surface area contributed by atoms with Gasteiger partial charge in [-0.15, -0.1) is 0 Å². The molecule has 5 heteroatoms. The average molecular weight is 131 g/mol. The van der Waals surface area contributed by atoms with Gasteiger partial charge in [-0.05, 0) is 10.9 Å². The van der Waals surface area contributed by atoms with Crippen molar-refractivity contribution in [3.8, 4) is 0 Å². The summed E-state index contributed by atoms with van der Waals surface area (Å²) in [4.78, 5) is 22.4. The summed E-state index contributed by atoms with van der Waals surface area (Å²) in [6.45, 7) is 0. The smallest absolute Gasteiger partial charge is 0.245 e. The van der Waals surface area contributed by atoms with Crippen molar-refractivity contribution < 1.29 is 9.59 Å². The quantitative estimate of drug-likeness (QED) is 0.297. The van der Waals surface area contributed by atoms with Gasteiger partial charge in [-0.25, -0.2) is 0 Å². The van der Waals surface area contributed by atoms with Crippen molar-refractivity contribution in [2.24, 2.45) is 0 Å². The molecular weight excluding hydrogens is 128 g/mol. The molecule has 0 aromatic rings. The monoisotopic (exact) mass is 131 g/mol. The molecule has 0 aromatic carbocycles. The third-order valence-corrected chi connectivity index (χ3v) is 1.36. The second kappa shape index (κ2) is 2.01. The van der Waals surface area contributed by atoms with E-state index in [1.54, 1.807) is 0 Å². The highest BCUT2D eigenvalue weighted by Crippen LogP contribution is 2.12. The molecule has 1 rings (SSSR count). The van der Waals surface area contributed by atoms with Crippen molar-refractivity contribution in [3.05, 3.63) is 10.9 Å². The number of rotatable bonds is 0. The molecule has 0 spiro atoms. The van der Waals surface area contributed by atoms with Gasteiger partial charge in [0.1, 0.15) is 15.7 Å². The molecule has 0 saturated carbocycles. The molecule has 0 aromatic heterocycles. The van der Waals surface area contributed by atoms with Crippen LogP contribution in [0.2, 0.25) is 0 Å². The van der Waals surface area contributed by atoms with Crippen LogP contribution in [0.5, 0.6) is 0 Å². The number of hydrogen-bond acceptors (Lipinski definition) is 2. The van der Waals surface area contributed by atoms with Crippen LogP contribution in [-0.4, -0.2) is 39.5 Å². The lowest BCUT2D eigenvalue weighted by molar-refractivity contribution is -0.135. The Morgan fingerprint density at radius 2 is 1.40 bits per heavy atom. The Labute approximate surface area is 60.9 Å². The molecule has 1 aliphatic heterocycles. The van der Waals surface area contributed by atoms with Gasteiger partial charge in [0.2, 0.25) is 11.8 Å². The maximum Gasteiger partial charge on any atom is 0.245 e. The molecule has 0 bridgehead atoms. The fourth-order valence-electron chi connectivity index (χ4n) is 0.684. The van der Waals surface area contributed by atoms with E-state index in [1.165, 1.54) is 7.05 Å². The van der Waals surface area contributed by atoms with Crippen LogP contribution in [0, 0.1) is 0 Å². The number of imide groups is 1. The van der Waals surface area contributed by atoms with Crippen LogP contribution in [0.25, 0.3) is 0 Å². The van der Waals surface area contributed by atoms with Crippen LogP contribution < -0.4 is 0 Å². The third kappa shape index (κ3) is 0.701. The van der Waals surface area contributed by atoms with Crippen LogP contribution >= 0.6 is 0 Å². The Balaban J connectivity index is 3.11. The number of hydrogen-bond donors (Lipinski definition) is 0. The molecule has 46 valence electrons. The van der Waals surface area contributed by atoms with Crippen molar-refractivity contribution in [2.45, 2.75) is 0 Å². The van der Waals surface area contributed by atoms with Gasteiger partial charge in [0.25, 0.3) is 0 Å². The Bertz CT molecular complexity index is 222. The Morgan fingerprint density at radius 1 is 1.10 bits per heavy atom. The normalized spacial score (nSPS) is 19.1. The second-order valence-corrected chi connectivity index (χ2v) is 2.00. The van der Waals surface area contributed by atoms with Gasteiger partial charge in [-0.1, -0.05) is 0 Å². The van der Waals surface area contributed by atoms with Crippen LogP contribution in [0.4, 0.5) is 0 Å². The van der Waals surface area contributed by atoms with Crippen molar-refractivity contribution >= 4 is 27.5 Å². The van der Waals surface area contributed by atoms with E-state index >= 15 is 0 Å². The van der Waals surface area contributed by atoms with Crippen LogP contribution in [0.3, 0.4) is 0 Å². The summed E-state index contributed by atoms with van der Waals surface area (Å²) in [5.74, 6) is -1.05. The molecule has 0 N–H and O–H groups in total. The van der Waals surface area contributed by atoms with E-state index in [0.717, 1.165) is 4.90 Å². The first kappa shape index (κ1) is 7.12. The van der Waals surface area contributed by atoms with E-state index in [0.29, 0.717) is 0 Å². The highest BCUT2D eigenvalue weighted by molar-refractivity contribution is 6.53. The Morgan fingerprint density at radius 3 is 1.50 bits per heavy atom. The zero-order chi connectivity index (χ0) is 7.89. The summed E-state index contributed by atoms with van der Waals surface area (Å²) in [6.07, 6.45) is 0. The van der Waals surface area contributed by atoms with Crippen molar-refractivity contribution in [1.29, 1.82) is 0 Å². The highest BCUT2D eigenvalue weighted by atomic mass is 16.2. The molecule has 1 aliphatic rings. The summed E-state index contributed by atoms with van der Waals surface area (Å²) in [6, 6.07) is 0. The van der Waals surface area contributed by atoms with Gasteiger partial charge < -0.3 is 0 Å². The molecule has 10 heavy (non-hydrogen) atoms. The fourth-order valence-corrected chi connectivity index (χ4v) is 0.684. The molecule has 2 amide bonds. The van der Waals surface area contributed by atoms with Gasteiger partial charge in [0.05, 0.1) is 0 Å². The lowest BCUT2D eigenvalue weighted by Gasteiger charge is -2.04.